The summed E-state index contributed by atoms with van der Waals surface area (Å²) in [6, 6.07) is 10.2. The summed E-state index contributed by atoms with van der Waals surface area (Å²) in [6.45, 7) is 3.54. The lowest BCUT2D eigenvalue weighted by atomic mass is 9.95. The molecule has 0 radical (unpaired) electrons. The van der Waals surface area contributed by atoms with Gasteiger partial charge in [0, 0.05) is 25.4 Å². The molecule has 0 atom stereocenters. The normalized spacial score (nSPS) is 16.0. The van der Waals surface area contributed by atoms with Crippen LogP contribution in [0.2, 0.25) is 0 Å². The van der Waals surface area contributed by atoms with Crippen LogP contribution in [0.4, 0.5) is 0 Å². The Bertz CT molecular complexity index is 615. The lowest BCUT2D eigenvalue weighted by Gasteiger charge is -2.30. The number of piperidine rings is 1. The summed E-state index contributed by atoms with van der Waals surface area (Å²) in [5, 5.41) is 7.14. The van der Waals surface area contributed by atoms with E-state index in [9.17, 15) is 4.79 Å². The van der Waals surface area contributed by atoms with Crippen LogP contribution in [0.25, 0.3) is 0 Å². The van der Waals surface area contributed by atoms with Gasteiger partial charge in [0.25, 0.3) is 0 Å². The van der Waals surface area contributed by atoms with Crippen molar-refractivity contribution in [3.05, 3.63) is 47.5 Å². The number of aryl methyl sites for hydroxylation is 2. The number of hydrogen-bond donors (Lipinski definition) is 1. The van der Waals surface area contributed by atoms with Crippen molar-refractivity contribution in [2.24, 2.45) is 0 Å². The molecule has 0 bridgehead atoms. The molecule has 1 saturated heterocycles. The number of H-pyrrole nitrogens is 1. The number of hydrogen-bond acceptors (Lipinski definition) is 3. The predicted molar refractivity (Wildman–Crippen MR) is 84.4 cm³/mol. The van der Waals surface area contributed by atoms with E-state index in [0.717, 1.165) is 44.0 Å². The van der Waals surface area contributed by atoms with Gasteiger partial charge in [0.2, 0.25) is 5.91 Å². The minimum Gasteiger partial charge on any atom is -0.343 e. The third-order valence-corrected chi connectivity index (χ3v) is 4.30. The predicted octanol–water partition coefficient (Wildman–Crippen LogP) is 2.45. The zero-order valence-corrected chi connectivity index (χ0v) is 13.0. The lowest BCUT2D eigenvalue weighted by molar-refractivity contribution is -0.132. The average molecular weight is 298 g/mol. The molecular formula is C17H22N4O. The van der Waals surface area contributed by atoms with E-state index in [0.29, 0.717) is 12.3 Å². The number of carbonyl (C=O) groups is 1. The standard InChI is InChI=1S/C17H22N4O/c1-13-18-17(20-19-13)15-9-11-21(12-10-15)16(22)8-7-14-5-3-2-4-6-14/h2-6,15H,7-12H2,1H3,(H,18,19,20). The van der Waals surface area contributed by atoms with Crippen molar-refractivity contribution in [2.75, 3.05) is 13.1 Å². The van der Waals surface area contributed by atoms with Crippen LogP contribution in [-0.2, 0) is 11.2 Å². The Labute approximate surface area is 130 Å². The van der Waals surface area contributed by atoms with E-state index < -0.39 is 0 Å². The van der Waals surface area contributed by atoms with Crippen LogP contribution >= 0.6 is 0 Å². The molecule has 0 unspecified atom stereocenters. The molecule has 1 amide bonds. The average Bonchev–Trinajstić information content (AvgIpc) is 3.00. The molecule has 1 aromatic heterocycles. The molecule has 1 N–H and O–H groups in total. The van der Waals surface area contributed by atoms with Crippen LogP contribution in [-0.4, -0.2) is 39.1 Å². The largest absolute Gasteiger partial charge is 0.343 e. The second-order valence-corrected chi connectivity index (χ2v) is 5.92. The van der Waals surface area contributed by atoms with E-state index in [-0.39, 0.29) is 5.91 Å². The third kappa shape index (κ3) is 3.53. The van der Waals surface area contributed by atoms with Gasteiger partial charge in [-0.2, -0.15) is 5.10 Å². The highest BCUT2D eigenvalue weighted by Crippen LogP contribution is 2.25. The van der Waals surface area contributed by atoms with Crippen molar-refractivity contribution in [1.29, 1.82) is 0 Å². The van der Waals surface area contributed by atoms with Crippen LogP contribution in [0.1, 0.15) is 42.4 Å². The van der Waals surface area contributed by atoms with Crippen LogP contribution in [0.15, 0.2) is 30.3 Å². The number of aromatic nitrogens is 3. The van der Waals surface area contributed by atoms with Crippen molar-refractivity contribution in [2.45, 2.75) is 38.5 Å². The first-order valence-electron chi connectivity index (χ1n) is 7.93. The zero-order valence-electron chi connectivity index (χ0n) is 13.0. The molecule has 116 valence electrons. The Morgan fingerprint density at radius 3 is 2.64 bits per heavy atom. The van der Waals surface area contributed by atoms with Crippen molar-refractivity contribution in [1.82, 2.24) is 20.1 Å². The monoisotopic (exact) mass is 298 g/mol. The smallest absolute Gasteiger partial charge is 0.222 e. The fourth-order valence-electron chi connectivity index (χ4n) is 2.98. The number of likely N-dealkylation sites (tertiary alicyclic amines) is 1. The van der Waals surface area contributed by atoms with Crippen molar-refractivity contribution < 1.29 is 4.79 Å². The van der Waals surface area contributed by atoms with Crippen LogP contribution < -0.4 is 0 Å². The van der Waals surface area contributed by atoms with Gasteiger partial charge in [-0.05, 0) is 31.7 Å². The maximum Gasteiger partial charge on any atom is 0.222 e. The van der Waals surface area contributed by atoms with E-state index in [1.165, 1.54) is 5.56 Å². The quantitative estimate of drug-likeness (QED) is 0.943. The van der Waals surface area contributed by atoms with Gasteiger partial charge in [0.05, 0.1) is 0 Å². The maximum atomic E-state index is 12.3. The van der Waals surface area contributed by atoms with Crippen LogP contribution in [0, 0.1) is 6.92 Å². The number of nitrogens with one attached hydrogen (secondary N) is 1. The first kappa shape index (κ1) is 14.8. The molecule has 1 fully saturated rings. The lowest BCUT2D eigenvalue weighted by Crippen LogP contribution is -2.38. The molecular weight excluding hydrogens is 276 g/mol. The van der Waals surface area contributed by atoms with Gasteiger partial charge in [0.1, 0.15) is 5.82 Å². The maximum absolute atomic E-state index is 12.3. The molecule has 1 aliphatic heterocycles. The Morgan fingerprint density at radius 2 is 2.00 bits per heavy atom. The van der Waals surface area contributed by atoms with E-state index in [1.807, 2.05) is 30.0 Å². The van der Waals surface area contributed by atoms with Gasteiger partial charge in [0.15, 0.2) is 5.82 Å². The van der Waals surface area contributed by atoms with Gasteiger partial charge in [-0.3, -0.25) is 9.89 Å². The van der Waals surface area contributed by atoms with Crippen LogP contribution in [0.5, 0.6) is 0 Å². The Kier molecular flexibility index (Phi) is 4.51. The molecule has 3 rings (SSSR count). The summed E-state index contributed by atoms with van der Waals surface area (Å²) >= 11 is 0. The first-order chi connectivity index (χ1) is 10.7. The molecule has 2 heterocycles. The molecule has 0 spiro atoms. The van der Waals surface area contributed by atoms with Gasteiger partial charge in [-0.25, -0.2) is 4.98 Å². The number of benzene rings is 1. The van der Waals surface area contributed by atoms with Gasteiger partial charge < -0.3 is 4.90 Å². The molecule has 1 aliphatic rings. The molecule has 5 nitrogen and oxygen atoms in total. The molecule has 22 heavy (non-hydrogen) atoms. The summed E-state index contributed by atoms with van der Waals surface area (Å²) in [7, 11) is 0. The highest BCUT2D eigenvalue weighted by atomic mass is 16.2. The number of carbonyl (C=O) groups excluding carboxylic acids is 1. The van der Waals surface area contributed by atoms with Gasteiger partial charge in [-0.15, -0.1) is 0 Å². The zero-order chi connectivity index (χ0) is 15.4. The Balaban J connectivity index is 1.47. The summed E-state index contributed by atoms with van der Waals surface area (Å²) in [6.07, 6.45) is 3.32. The van der Waals surface area contributed by atoms with E-state index in [4.69, 9.17) is 0 Å². The van der Waals surface area contributed by atoms with Crippen LogP contribution in [0.3, 0.4) is 0 Å². The van der Waals surface area contributed by atoms with E-state index in [1.54, 1.807) is 0 Å². The molecule has 2 aromatic rings. The third-order valence-electron chi connectivity index (χ3n) is 4.30. The summed E-state index contributed by atoms with van der Waals surface area (Å²) in [5.74, 6) is 2.39. The highest BCUT2D eigenvalue weighted by Gasteiger charge is 2.25. The van der Waals surface area contributed by atoms with Crippen molar-refractivity contribution in [3.63, 3.8) is 0 Å². The summed E-state index contributed by atoms with van der Waals surface area (Å²) in [4.78, 5) is 18.7. The SMILES string of the molecule is Cc1nc(C2CCN(C(=O)CCc3ccccc3)CC2)n[nH]1. The number of aromatic amines is 1. The second kappa shape index (κ2) is 6.73. The first-order valence-corrected chi connectivity index (χ1v) is 7.93. The summed E-state index contributed by atoms with van der Waals surface area (Å²) in [5.41, 5.74) is 1.22. The van der Waals surface area contributed by atoms with Gasteiger partial charge >= 0.3 is 0 Å². The van der Waals surface area contributed by atoms with Crippen molar-refractivity contribution >= 4 is 5.91 Å². The van der Waals surface area contributed by atoms with E-state index in [2.05, 4.69) is 27.3 Å². The fraction of sp³-hybridized carbons (Fsp3) is 0.471. The Morgan fingerprint density at radius 1 is 1.27 bits per heavy atom. The molecule has 5 heteroatoms. The minimum absolute atomic E-state index is 0.258. The number of nitrogens with zero attached hydrogens (tertiary/aromatic N) is 3. The molecule has 0 saturated carbocycles. The second-order valence-electron chi connectivity index (χ2n) is 5.92. The van der Waals surface area contributed by atoms with Crippen molar-refractivity contribution in [3.8, 4) is 0 Å². The van der Waals surface area contributed by atoms with E-state index >= 15 is 0 Å². The minimum atomic E-state index is 0.258. The number of amides is 1. The topological polar surface area (TPSA) is 61.9 Å². The molecule has 1 aromatic carbocycles. The number of rotatable bonds is 4. The highest BCUT2D eigenvalue weighted by molar-refractivity contribution is 5.76. The molecule has 0 aliphatic carbocycles. The fourth-order valence-corrected chi connectivity index (χ4v) is 2.98. The Hall–Kier alpha value is -2.17. The van der Waals surface area contributed by atoms with Gasteiger partial charge in [-0.1, -0.05) is 30.3 Å². The summed E-state index contributed by atoms with van der Waals surface area (Å²) < 4.78 is 0.